The van der Waals surface area contributed by atoms with Crippen molar-refractivity contribution in [3.8, 4) is 0 Å². The van der Waals surface area contributed by atoms with E-state index in [2.05, 4.69) is 17.2 Å². The van der Waals surface area contributed by atoms with Gasteiger partial charge in [-0.2, -0.15) is 0 Å². The van der Waals surface area contributed by atoms with E-state index in [9.17, 15) is 8.78 Å². The van der Waals surface area contributed by atoms with Crippen LogP contribution < -0.4 is 5.32 Å². The van der Waals surface area contributed by atoms with Gasteiger partial charge in [0, 0.05) is 18.9 Å². The third-order valence-electron chi connectivity index (χ3n) is 2.63. The lowest BCUT2D eigenvalue weighted by molar-refractivity contribution is 0.600. The summed E-state index contributed by atoms with van der Waals surface area (Å²) in [5.41, 5.74) is 0.154. The Kier molecular flexibility index (Phi) is 3.92. The van der Waals surface area contributed by atoms with Gasteiger partial charge in [-0.15, -0.1) is 0 Å². The Bertz CT molecular complexity index is 523. The Morgan fingerprint density at radius 1 is 1.33 bits per heavy atom. The molecule has 0 radical (unpaired) electrons. The first-order chi connectivity index (χ1) is 8.70. The van der Waals surface area contributed by atoms with Crippen molar-refractivity contribution in [2.75, 3.05) is 5.32 Å². The Hall–Kier alpha value is -1.91. The maximum absolute atomic E-state index is 13.4. The molecular weight excluding hydrogens is 236 g/mol. The smallest absolute Gasteiger partial charge is 0.146 e. The fourth-order valence-electron chi connectivity index (χ4n) is 1.76. The third-order valence-corrected chi connectivity index (χ3v) is 2.63. The number of nitrogens with one attached hydrogen (secondary N) is 1. The van der Waals surface area contributed by atoms with Crippen molar-refractivity contribution in [2.24, 2.45) is 0 Å². The molecule has 0 aliphatic heterocycles. The number of anilines is 1. The number of rotatable bonds is 5. The second kappa shape index (κ2) is 5.62. The molecule has 0 unspecified atom stereocenters. The lowest BCUT2D eigenvalue weighted by Gasteiger charge is -2.09. The zero-order chi connectivity index (χ0) is 13.0. The van der Waals surface area contributed by atoms with Crippen molar-refractivity contribution in [1.82, 2.24) is 9.55 Å². The second-order valence-corrected chi connectivity index (χ2v) is 4.01. The van der Waals surface area contributed by atoms with Gasteiger partial charge in [0.25, 0.3) is 0 Å². The van der Waals surface area contributed by atoms with Crippen molar-refractivity contribution in [3.05, 3.63) is 48.1 Å². The van der Waals surface area contributed by atoms with Crippen LogP contribution in [-0.2, 0) is 13.1 Å². The zero-order valence-electron chi connectivity index (χ0n) is 10.2. The maximum atomic E-state index is 13.4. The summed E-state index contributed by atoms with van der Waals surface area (Å²) in [5, 5.41) is 2.86. The van der Waals surface area contributed by atoms with Crippen molar-refractivity contribution < 1.29 is 8.78 Å². The van der Waals surface area contributed by atoms with Crippen LogP contribution in [0.15, 0.2) is 30.6 Å². The Balaban J connectivity index is 2.06. The summed E-state index contributed by atoms with van der Waals surface area (Å²) in [6, 6.07) is 3.34. The monoisotopic (exact) mass is 251 g/mol. The molecular formula is C13H15F2N3. The van der Waals surface area contributed by atoms with E-state index in [1.54, 1.807) is 6.20 Å². The van der Waals surface area contributed by atoms with Gasteiger partial charge in [-0.25, -0.2) is 13.8 Å². The van der Waals surface area contributed by atoms with Crippen LogP contribution >= 0.6 is 0 Å². The Labute approximate surface area is 104 Å². The van der Waals surface area contributed by atoms with Crippen LogP contribution in [0.2, 0.25) is 0 Å². The maximum Gasteiger partial charge on any atom is 0.146 e. The van der Waals surface area contributed by atoms with Crippen LogP contribution in [0.1, 0.15) is 19.2 Å². The molecule has 0 aliphatic carbocycles. The Morgan fingerprint density at radius 2 is 2.17 bits per heavy atom. The van der Waals surface area contributed by atoms with E-state index in [0.717, 1.165) is 37.0 Å². The average molecular weight is 251 g/mol. The summed E-state index contributed by atoms with van der Waals surface area (Å²) < 4.78 is 28.4. The molecule has 1 heterocycles. The van der Waals surface area contributed by atoms with Gasteiger partial charge in [0.05, 0.1) is 12.2 Å². The molecule has 3 nitrogen and oxygen atoms in total. The van der Waals surface area contributed by atoms with Gasteiger partial charge in [-0.1, -0.05) is 6.92 Å². The minimum Gasteiger partial charge on any atom is -0.375 e. The summed E-state index contributed by atoms with van der Waals surface area (Å²) >= 11 is 0. The van der Waals surface area contributed by atoms with E-state index in [4.69, 9.17) is 0 Å². The molecule has 0 spiro atoms. The minimum atomic E-state index is -0.468. The topological polar surface area (TPSA) is 29.9 Å². The fourth-order valence-corrected chi connectivity index (χ4v) is 1.76. The molecule has 96 valence electrons. The zero-order valence-corrected chi connectivity index (χ0v) is 10.2. The minimum absolute atomic E-state index is 0.154. The first kappa shape index (κ1) is 12.5. The quantitative estimate of drug-likeness (QED) is 0.884. The number of hydrogen-bond acceptors (Lipinski definition) is 2. The van der Waals surface area contributed by atoms with Gasteiger partial charge in [-0.05, 0) is 24.6 Å². The number of benzene rings is 1. The van der Waals surface area contributed by atoms with Crippen molar-refractivity contribution in [2.45, 2.75) is 26.4 Å². The van der Waals surface area contributed by atoms with Gasteiger partial charge in [0.1, 0.15) is 17.5 Å². The molecule has 0 aliphatic rings. The molecule has 2 aromatic rings. The third kappa shape index (κ3) is 2.85. The van der Waals surface area contributed by atoms with Crippen LogP contribution in [0.4, 0.5) is 14.5 Å². The summed E-state index contributed by atoms with van der Waals surface area (Å²) in [6.45, 7) is 3.31. The number of imidazole rings is 1. The average Bonchev–Trinajstić information content (AvgIpc) is 2.78. The second-order valence-electron chi connectivity index (χ2n) is 4.01. The van der Waals surface area contributed by atoms with E-state index in [1.807, 2.05) is 10.8 Å². The van der Waals surface area contributed by atoms with E-state index in [0.29, 0.717) is 6.54 Å². The lowest BCUT2D eigenvalue weighted by Crippen LogP contribution is -2.09. The molecule has 5 heteroatoms. The number of halogens is 2. The van der Waals surface area contributed by atoms with Crippen LogP contribution in [0.25, 0.3) is 0 Å². The predicted octanol–water partition coefficient (Wildman–Crippen LogP) is 3.18. The van der Waals surface area contributed by atoms with Crippen LogP contribution in [0.3, 0.4) is 0 Å². The molecule has 0 atom stereocenters. The van der Waals surface area contributed by atoms with Gasteiger partial charge < -0.3 is 9.88 Å². The normalized spacial score (nSPS) is 10.6. The standard InChI is InChI=1S/C13H15F2N3/c1-2-6-18-7-5-16-13(18)9-17-12-8-10(14)3-4-11(12)15/h3-5,7-8,17H,2,6,9H2,1H3. The molecule has 0 fully saturated rings. The number of aromatic nitrogens is 2. The molecule has 0 amide bonds. The van der Waals surface area contributed by atoms with Gasteiger partial charge in [-0.3, -0.25) is 0 Å². The van der Waals surface area contributed by atoms with Gasteiger partial charge in [0.2, 0.25) is 0 Å². The molecule has 18 heavy (non-hydrogen) atoms. The summed E-state index contributed by atoms with van der Waals surface area (Å²) in [7, 11) is 0. The highest BCUT2D eigenvalue weighted by atomic mass is 19.1. The Morgan fingerprint density at radius 3 is 2.94 bits per heavy atom. The van der Waals surface area contributed by atoms with E-state index in [-0.39, 0.29) is 5.69 Å². The molecule has 1 aromatic heterocycles. The summed E-state index contributed by atoms with van der Waals surface area (Å²) in [6.07, 6.45) is 4.58. The summed E-state index contributed by atoms with van der Waals surface area (Å²) in [4.78, 5) is 4.19. The van der Waals surface area contributed by atoms with E-state index >= 15 is 0 Å². The van der Waals surface area contributed by atoms with Crippen LogP contribution in [0, 0.1) is 11.6 Å². The highest BCUT2D eigenvalue weighted by Gasteiger charge is 2.06. The largest absolute Gasteiger partial charge is 0.375 e. The SMILES string of the molecule is CCCn1ccnc1CNc1cc(F)ccc1F. The molecule has 1 N–H and O–H groups in total. The number of hydrogen-bond donors (Lipinski definition) is 1. The number of aryl methyl sites for hydroxylation is 1. The molecule has 2 rings (SSSR count). The lowest BCUT2D eigenvalue weighted by atomic mass is 10.3. The van der Waals surface area contributed by atoms with E-state index in [1.165, 1.54) is 0 Å². The molecule has 0 saturated carbocycles. The van der Waals surface area contributed by atoms with Crippen LogP contribution in [-0.4, -0.2) is 9.55 Å². The van der Waals surface area contributed by atoms with Crippen molar-refractivity contribution in [3.63, 3.8) is 0 Å². The first-order valence-electron chi connectivity index (χ1n) is 5.89. The highest BCUT2D eigenvalue weighted by molar-refractivity contribution is 5.44. The van der Waals surface area contributed by atoms with Crippen molar-refractivity contribution in [1.29, 1.82) is 0 Å². The highest BCUT2D eigenvalue weighted by Crippen LogP contribution is 2.16. The fraction of sp³-hybridized carbons (Fsp3) is 0.308. The summed E-state index contributed by atoms with van der Waals surface area (Å²) in [5.74, 6) is -0.124. The first-order valence-corrected chi connectivity index (χ1v) is 5.89. The van der Waals surface area contributed by atoms with Crippen molar-refractivity contribution >= 4 is 5.69 Å². The van der Waals surface area contributed by atoms with E-state index < -0.39 is 11.6 Å². The van der Waals surface area contributed by atoms with Gasteiger partial charge in [0.15, 0.2) is 0 Å². The molecule has 0 saturated heterocycles. The van der Waals surface area contributed by atoms with Crippen LogP contribution in [0.5, 0.6) is 0 Å². The molecule has 0 bridgehead atoms. The number of nitrogens with zero attached hydrogens (tertiary/aromatic N) is 2. The predicted molar refractivity (Wildman–Crippen MR) is 66.2 cm³/mol. The molecule has 1 aromatic carbocycles. The van der Waals surface area contributed by atoms with Gasteiger partial charge >= 0.3 is 0 Å².